The van der Waals surface area contributed by atoms with Crippen LogP contribution in [0.5, 0.6) is 0 Å². The fraction of sp³-hybridized carbons (Fsp3) is 0.227. The number of nitrogens with zero attached hydrogens (tertiary/aromatic N) is 4. The van der Waals surface area contributed by atoms with Gasteiger partial charge in [-0.1, -0.05) is 12.1 Å². The van der Waals surface area contributed by atoms with E-state index in [9.17, 15) is 18.0 Å². The van der Waals surface area contributed by atoms with Crippen LogP contribution >= 0.6 is 0 Å². The highest BCUT2D eigenvalue weighted by atomic mass is 19.4. The first kappa shape index (κ1) is 20.6. The van der Waals surface area contributed by atoms with Crippen molar-refractivity contribution in [2.75, 3.05) is 7.05 Å². The first-order valence-corrected chi connectivity index (χ1v) is 9.45. The van der Waals surface area contributed by atoms with Crippen molar-refractivity contribution in [3.8, 4) is 11.5 Å². The highest BCUT2D eigenvalue weighted by Gasteiger charge is 2.30. The van der Waals surface area contributed by atoms with Crippen LogP contribution in [-0.2, 0) is 19.8 Å². The van der Waals surface area contributed by atoms with E-state index in [1.807, 2.05) is 0 Å². The molecule has 4 aromatic rings. The SMILES string of the molecule is Cc1nn(C)c2nc(-c3ccco3)cc(C(=O)N(C)Cc3ccc(C(F)(F)F)cc3)c12. The second-order valence-corrected chi connectivity index (χ2v) is 7.30. The summed E-state index contributed by atoms with van der Waals surface area (Å²) in [4.78, 5) is 19.4. The van der Waals surface area contributed by atoms with Crippen molar-refractivity contribution in [2.24, 2.45) is 7.05 Å². The molecule has 0 radical (unpaired) electrons. The van der Waals surface area contributed by atoms with Gasteiger partial charge in [0.25, 0.3) is 5.91 Å². The summed E-state index contributed by atoms with van der Waals surface area (Å²) in [5.74, 6) is 0.219. The Bertz CT molecular complexity index is 1240. The van der Waals surface area contributed by atoms with Gasteiger partial charge in [0.2, 0.25) is 0 Å². The number of aromatic nitrogens is 3. The molecule has 0 N–H and O–H groups in total. The van der Waals surface area contributed by atoms with E-state index in [1.165, 1.54) is 23.3 Å². The maximum Gasteiger partial charge on any atom is 0.416 e. The number of alkyl halides is 3. The summed E-state index contributed by atoms with van der Waals surface area (Å²) in [6.07, 6.45) is -2.88. The van der Waals surface area contributed by atoms with E-state index < -0.39 is 11.7 Å². The molecule has 1 aromatic carbocycles. The maximum absolute atomic E-state index is 13.3. The van der Waals surface area contributed by atoms with Gasteiger partial charge >= 0.3 is 6.18 Å². The summed E-state index contributed by atoms with van der Waals surface area (Å²) in [6, 6.07) is 9.90. The molecule has 0 aliphatic rings. The third-order valence-electron chi connectivity index (χ3n) is 5.02. The molecule has 0 fully saturated rings. The molecule has 6 nitrogen and oxygen atoms in total. The molecule has 0 aliphatic carbocycles. The predicted molar refractivity (Wildman–Crippen MR) is 108 cm³/mol. The van der Waals surface area contributed by atoms with Crippen molar-refractivity contribution in [1.29, 1.82) is 0 Å². The molecule has 1 amide bonds. The summed E-state index contributed by atoms with van der Waals surface area (Å²) < 4.78 is 45.4. The summed E-state index contributed by atoms with van der Waals surface area (Å²) >= 11 is 0. The Balaban J connectivity index is 1.69. The van der Waals surface area contributed by atoms with Gasteiger partial charge < -0.3 is 9.32 Å². The summed E-state index contributed by atoms with van der Waals surface area (Å²) in [5, 5.41) is 5.00. The predicted octanol–water partition coefficient (Wildman–Crippen LogP) is 4.83. The molecule has 9 heteroatoms. The lowest BCUT2D eigenvalue weighted by atomic mass is 10.1. The minimum atomic E-state index is -4.40. The molecular formula is C22H19F3N4O2. The van der Waals surface area contributed by atoms with Crippen LogP contribution in [0.2, 0.25) is 0 Å². The molecule has 160 valence electrons. The van der Waals surface area contributed by atoms with Gasteiger partial charge in [-0.2, -0.15) is 18.3 Å². The van der Waals surface area contributed by atoms with Crippen molar-refractivity contribution in [1.82, 2.24) is 19.7 Å². The lowest BCUT2D eigenvalue weighted by Crippen LogP contribution is -2.26. The fourth-order valence-corrected chi connectivity index (χ4v) is 3.51. The number of aryl methyl sites for hydroxylation is 2. The Labute approximate surface area is 175 Å². The topological polar surface area (TPSA) is 64.2 Å². The van der Waals surface area contributed by atoms with Gasteiger partial charge in [0.05, 0.1) is 28.5 Å². The summed E-state index contributed by atoms with van der Waals surface area (Å²) in [7, 11) is 3.35. The number of hydrogen-bond acceptors (Lipinski definition) is 4. The summed E-state index contributed by atoms with van der Waals surface area (Å²) in [5.41, 5.74) is 1.95. The van der Waals surface area contributed by atoms with E-state index >= 15 is 0 Å². The van der Waals surface area contributed by atoms with Crippen molar-refractivity contribution in [3.63, 3.8) is 0 Å². The van der Waals surface area contributed by atoms with E-state index in [0.29, 0.717) is 39.3 Å². The molecule has 0 saturated heterocycles. The Morgan fingerprint density at radius 2 is 1.90 bits per heavy atom. The van der Waals surface area contributed by atoms with E-state index in [0.717, 1.165) is 12.1 Å². The first-order chi connectivity index (χ1) is 14.6. The lowest BCUT2D eigenvalue weighted by Gasteiger charge is -2.19. The third-order valence-corrected chi connectivity index (χ3v) is 5.02. The van der Waals surface area contributed by atoms with Crippen LogP contribution in [0.1, 0.15) is 27.2 Å². The Hall–Kier alpha value is -3.62. The van der Waals surface area contributed by atoms with Gasteiger partial charge in [0.15, 0.2) is 11.4 Å². The fourth-order valence-electron chi connectivity index (χ4n) is 3.51. The zero-order chi connectivity index (χ0) is 22.3. The third kappa shape index (κ3) is 3.90. The molecule has 0 bridgehead atoms. The highest BCUT2D eigenvalue weighted by molar-refractivity contribution is 6.07. The molecule has 0 atom stereocenters. The number of fused-ring (bicyclic) bond motifs is 1. The van der Waals surface area contributed by atoms with Crippen LogP contribution in [0.15, 0.2) is 53.1 Å². The van der Waals surface area contributed by atoms with Crippen molar-refractivity contribution in [2.45, 2.75) is 19.6 Å². The largest absolute Gasteiger partial charge is 0.463 e. The standard InChI is InChI=1S/C22H19F3N4O2/c1-13-19-16(11-17(18-5-4-10-31-18)26-20(19)29(3)27-13)21(30)28(2)12-14-6-8-15(9-7-14)22(23,24)25/h4-11H,12H2,1-3H3. The number of furan rings is 1. The maximum atomic E-state index is 13.3. The van der Waals surface area contributed by atoms with Gasteiger partial charge in [0.1, 0.15) is 5.69 Å². The molecule has 0 aliphatic heterocycles. The van der Waals surface area contributed by atoms with E-state index in [2.05, 4.69) is 10.1 Å². The zero-order valence-corrected chi connectivity index (χ0v) is 17.1. The average Bonchev–Trinajstić information content (AvgIpc) is 3.35. The van der Waals surface area contributed by atoms with Crippen LogP contribution in [0, 0.1) is 6.92 Å². The molecule has 4 rings (SSSR count). The quantitative estimate of drug-likeness (QED) is 0.467. The van der Waals surface area contributed by atoms with E-state index in [-0.39, 0.29) is 12.5 Å². The Kier molecular flexibility index (Phi) is 5.04. The van der Waals surface area contributed by atoms with Crippen molar-refractivity contribution in [3.05, 3.63) is 71.1 Å². The molecule has 0 spiro atoms. The second kappa shape index (κ2) is 7.57. The van der Waals surface area contributed by atoms with E-state index in [4.69, 9.17) is 4.42 Å². The van der Waals surface area contributed by atoms with Crippen LogP contribution < -0.4 is 0 Å². The highest BCUT2D eigenvalue weighted by Crippen LogP contribution is 2.30. The van der Waals surface area contributed by atoms with Gasteiger partial charge in [0, 0.05) is 20.6 Å². The van der Waals surface area contributed by atoms with Crippen LogP contribution in [-0.4, -0.2) is 32.6 Å². The van der Waals surface area contributed by atoms with E-state index in [1.54, 1.807) is 43.9 Å². The average molecular weight is 428 g/mol. The number of carbonyl (C=O) groups is 1. The molecular weight excluding hydrogens is 409 g/mol. The Morgan fingerprint density at radius 3 is 2.52 bits per heavy atom. The Morgan fingerprint density at radius 1 is 1.19 bits per heavy atom. The molecule has 3 aromatic heterocycles. The van der Waals surface area contributed by atoms with Crippen LogP contribution in [0.3, 0.4) is 0 Å². The monoisotopic (exact) mass is 428 g/mol. The van der Waals surface area contributed by atoms with Crippen molar-refractivity contribution >= 4 is 16.9 Å². The van der Waals surface area contributed by atoms with Crippen LogP contribution in [0.25, 0.3) is 22.5 Å². The minimum absolute atomic E-state index is 0.149. The number of carbonyl (C=O) groups excluding carboxylic acids is 1. The van der Waals surface area contributed by atoms with Gasteiger partial charge in [-0.15, -0.1) is 0 Å². The van der Waals surface area contributed by atoms with Crippen LogP contribution in [0.4, 0.5) is 13.2 Å². The smallest absolute Gasteiger partial charge is 0.416 e. The van der Waals surface area contributed by atoms with Gasteiger partial charge in [-0.25, -0.2) is 4.98 Å². The molecule has 0 unspecified atom stereocenters. The first-order valence-electron chi connectivity index (χ1n) is 9.45. The summed E-state index contributed by atoms with van der Waals surface area (Å²) in [6.45, 7) is 1.94. The number of halogens is 3. The van der Waals surface area contributed by atoms with Crippen molar-refractivity contribution < 1.29 is 22.4 Å². The van der Waals surface area contributed by atoms with Gasteiger partial charge in [-0.3, -0.25) is 9.48 Å². The number of hydrogen-bond donors (Lipinski definition) is 0. The van der Waals surface area contributed by atoms with Gasteiger partial charge in [-0.05, 0) is 42.8 Å². The minimum Gasteiger partial charge on any atom is -0.463 e. The molecule has 0 saturated carbocycles. The normalized spacial score (nSPS) is 11.8. The second-order valence-electron chi connectivity index (χ2n) is 7.30. The molecule has 31 heavy (non-hydrogen) atoms. The number of amides is 1. The molecule has 3 heterocycles. The number of rotatable bonds is 4. The number of pyridine rings is 1. The lowest BCUT2D eigenvalue weighted by molar-refractivity contribution is -0.137. The number of benzene rings is 1. The zero-order valence-electron chi connectivity index (χ0n) is 17.1.